The van der Waals surface area contributed by atoms with Gasteiger partial charge in [-0.25, -0.2) is 9.59 Å². The fourth-order valence-electron chi connectivity index (χ4n) is 4.46. The lowest BCUT2D eigenvalue weighted by molar-refractivity contribution is -0.139. The van der Waals surface area contributed by atoms with Gasteiger partial charge in [0.25, 0.3) is 0 Å². The second-order valence-electron chi connectivity index (χ2n) is 11.3. The van der Waals surface area contributed by atoms with Crippen molar-refractivity contribution in [3.63, 3.8) is 0 Å². The highest BCUT2D eigenvalue weighted by atomic mass is 16.7. The van der Waals surface area contributed by atoms with Gasteiger partial charge in [-0.05, 0) is 53.1 Å². The maximum absolute atomic E-state index is 12.5. The Morgan fingerprint density at radius 2 is 1.13 bits per heavy atom. The van der Waals surface area contributed by atoms with Crippen LogP contribution in [0.2, 0.25) is 0 Å². The second kappa shape index (κ2) is 28.0. The van der Waals surface area contributed by atoms with Crippen molar-refractivity contribution >= 4 is 12.1 Å². The molecule has 0 amide bonds. The summed E-state index contributed by atoms with van der Waals surface area (Å²) in [6.45, 7) is 9.78. The Balaban J connectivity index is 4.38. The maximum atomic E-state index is 12.5. The van der Waals surface area contributed by atoms with Gasteiger partial charge in [0, 0.05) is 18.5 Å². The molecule has 0 fully saturated rings. The minimum absolute atomic E-state index is 0.0624. The van der Waals surface area contributed by atoms with E-state index in [0.29, 0.717) is 6.61 Å². The molecule has 0 bridgehead atoms. The summed E-state index contributed by atoms with van der Waals surface area (Å²) in [6.07, 6.45) is 24.2. The predicted octanol–water partition coefficient (Wildman–Crippen LogP) is 9.07. The van der Waals surface area contributed by atoms with Crippen LogP contribution in [0.15, 0.2) is 11.6 Å². The molecule has 1 atom stereocenters. The number of ether oxygens (including phenoxy) is 3. The zero-order valence-corrected chi connectivity index (χ0v) is 26.1. The lowest BCUT2D eigenvalue weighted by atomic mass is 9.99. The average Bonchev–Trinajstić information content (AvgIpc) is 2.91. The lowest BCUT2D eigenvalue weighted by Crippen LogP contribution is -2.20. The minimum atomic E-state index is -0.702. The van der Waals surface area contributed by atoms with E-state index in [1.807, 2.05) is 19.0 Å². The highest BCUT2D eigenvalue weighted by Crippen LogP contribution is 2.19. The number of nitrogens with zero attached hydrogens (tertiary/aromatic N) is 1. The van der Waals surface area contributed by atoms with Crippen LogP contribution in [0.25, 0.3) is 0 Å². The van der Waals surface area contributed by atoms with E-state index in [-0.39, 0.29) is 25.1 Å². The predicted molar refractivity (Wildman–Crippen MR) is 163 cm³/mol. The Morgan fingerprint density at radius 1 is 0.667 bits per heavy atom. The summed E-state index contributed by atoms with van der Waals surface area (Å²) in [5.41, 5.74) is 1.20. The monoisotopic (exact) mass is 552 g/mol. The van der Waals surface area contributed by atoms with E-state index in [0.717, 1.165) is 38.6 Å². The van der Waals surface area contributed by atoms with E-state index in [1.54, 1.807) is 6.08 Å². The first-order valence-electron chi connectivity index (χ1n) is 16.0. The Bertz CT molecular complexity index is 583. The molecule has 0 aromatic carbocycles. The average molecular weight is 553 g/mol. The van der Waals surface area contributed by atoms with E-state index >= 15 is 0 Å². The molecule has 0 saturated carbocycles. The third-order valence-corrected chi connectivity index (χ3v) is 6.89. The molecule has 0 aromatic rings. The number of hydrogen-bond acceptors (Lipinski definition) is 6. The van der Waals surface area contributed by atoms with Gasteiger partial charge < -0.3 is 19.1 Å². The van der Waals surface area contributed by atoms with Crippen LogP contribution in [0.1, 0.15) is 136 Å². The second-order valence-corrected chi connectivity index (χ2v) is 11.3. The number of allylic oxidation sites excluding steroid dienone is 1. The van der Waals surface area contributed by atoms with Crippen molar-refractivity contribution in [3.05, 3.63) is 18.6 Å². The molecular formula is C33H62NO5. The standard InChI is InChI=1S/C33H62NO5/c1-6-8-10-12-14-16-18-20-23-31(24-21-19-17-15-13-11-9-7-2)27-32(35)38-28-30(3)29-39-33(36)37-26-22-25-34(4)5/h27,30H,3,6-26,28-29H2,1-2,4-5H3. The maximum Gasteiger partial charge on any atom is 0.508 e. The molecule has 0 aromatic heterocycles. The summed E-state index contributed by atoms with van der Waals surface area (Å²) in [5, 5.41) is 0. The fourth-order valence-corrected chi connectivity index (χ4v) is 4.46. The van der Waals surface area contributed by atoms with Crippen LogP contribution in [0.3, 0.4) is 0 Å². The van der Waals surface area contributed by atoms with Crippen molar-refractivity contribution in [2.24, 2.45) is 5.92 Å². The fraction of sp³-hybridized carbons (Fsp3) is 0.848. The third-order valence-electron chi connectivity index (χ3n) is 6.89. The molecule has 0 aliphatic heterocycles. The van der Waals surface area contributed by atoms with Crippen LogP contribution < -0.4 is 0 Å². The molecular weight excluding hydrogens is 490 g/mol. The number of esters is 1. The molecule has 0 N–H and O–H groups in total. The summed E-state index contributed by atoms with van der Waals surface area (Å²) in [4.78, 5) is 26.3. The van der Waals surface area contributed by atoms with Gasteiger partial charge in [0.2, 0.25) is 0 Å². The first kappa shape index (κ1) is 37.4. The van der Waals surface area contributed by atoms with Gasteiger partial charge in [-0.2, -0.15) is 0 Å². The summed E-state index contributed by atoms with van der Waals surface area (Å²) in [5.74, 6) is -0.649. The summed E-state index contributed by atoms with van der Waals surface area (Å²) in [7, 11) is 3.94. The van der Waals surface area contributed by atoms with Crippen LogP contribution in [-0.4, -0.2) is 57.5 Å². The number of carbonyl (C=O) groups excluding carboxylic acids is 2. The SMILES string of the molecule is [CH2]C(COC(=O)C=C(CCCCCCCCCC)CCCCCCCCCC)COC(=O)OCCCN(C)C. The molecule has 0 aliphatic rings. The van der Waals surface area contributed by atoms with Gasteiger partial charge in [0.05, 0.1) is 13.2 Å². The highest BCUT2D eigenvalue weighted by molar-refractivity contribution is 5.82. The van der Waals surface area contributed by atoms with Crippen molar-refractivity contribution < 1.29 is 23.8 Å². The van der Waals surface area contributed by atoms with Crippen LogP contribution in [-0.2, 0) is 19.0 Å². The molecule has 0 saturated heterocycles. The molecule has 0 heterocycles. The van der Waals surface area contributed by atoms with Gasteiger partial charge in [0.15, 0.2) is 0 Å². The Kier molecular flexibility index (Phi) is 26.9. The molecule has 0 rings (SSSR count). The van der Waals surface area contributed by atoms with Crippen molar-refractivity contribution in [2.45, 2.75) is 136 Å². The van der Waals surface area contributed by atoms with Crippen molar-refractivity contribution in [1.29, 1.82) is 0 Å². The van der Waals surface area contributed by atoms with Crippen LogP contribution in [0.4, 0.5) is 4.79 Å². The molecule has 6 nitrogen and oxygen atoms in total. The van der Waals surface area contributed by atoms with E-state index in [4.69, 9.17) is 14.2 Å². The van der Waals surface area contributed by atoms with Gasteiger partial charge in [-0.15, -0.1) is 0 Å². The van der Waals surface area contributed by atoms with E-state index < -0.39 is 6.16 Å². The first-order valence-corrected chi connectivity index (χ1v) is 16.0. The molecule has 1 radical (unpaired) electrons. The summed E-state index contributed by atoms with van der Waals surface area (Å²) >= 11 is 0. The number of carbonyl (C=O) groups is 2. The van der Waals surface area contributed by atoms with E-state index in [1.165, 1.54) is 95.5 Å². The molecule has 0 aliphatic carbocycles. The summed E-state index contributed by atoms with van der Waals surface area (Å²) in [6, 6.07) is 0. The quantitative estimate of drug-likeness (QED) is 0.0575. The van der Waals surface area contributed by atoms with E-state index in [9.17, 15) is 9.59 Å². The van der Waals surface area contributed by atoms with Crippen molar-refractivity contribution in [2.75, 3.05) is 40.5 Å². The smallest absolute Gasteiger partial charge is 0.462 e. The molecule has 0 spiro atoms. The number of rotatable bonds is 27. The van der Waals surface area contributed by atoms with Gasteiger partial charge in [-0.1, -0.05) is 109 Å². The lowest BCUT2D eigenvalue weighted by Gasteiger charge is -2.13. The topological polar surface area (TPSA) is 65.1 Å². The van der Waals surface area contributed by atoms with E-state index in [2.05, 4.69) is 20.8 Å². The van der Waals surface area contributed by atoms with Crippen LogP contribution in [0, 0.1) is 12.8 Å². The van der Waals surface area contributed by atoms with Crippen molar-refractivity contribution in [3.8, 4) is 0 Å². The van der Waals surface area contributed by atoms with Gasteiger partial charge in [0.1, 0.15) is 6.61 Å². The number of hydrogen-bond donors (Lipinski definition) is 0. The highest BCUT2D eigenvalue weighted by Gasteiger charge is 2.11. The molecule has 39 heavy (non-hydrogen) atoms. The molecule has 229 valence electrons. The van der Waals surface area contributed by atoms with Crippen LogP contribution in [0.5, 0.6) is 0 Å². The largest absolute Gasteiger partial charge is 0.508 e. The van der Waals surface area contributed by atoms with Crippen molar-refractivity contribution in [1.82, 2.24) is 4.90 Å². The number of unbranched alkanes of at least 4 members (excludes halogenated alkanes) is 14. The van der Waals surface area contributed by atoms with Gasteiger partial charge >= 0.3 is 12.1 Å². The Hall–Kier alpha value is -1.56. The van der Waals surface area contributed by atoms with Crippen LogP contribution >= 0.6 is 0 Å². The normalized spacial score (nSPS) is 11.8. The molecule has 6 heteroatoms. The zero-order chi connectivity index (χ0) is 29.0. The first-order chi connectivity index (χ1) is 18.9. The summed E-state index contributed by atoms with van der Waals surface area (Å²) < 4.78 is 15.6. The third kappa shape index (κ3) is 27.8. The molecule has 1 unspecified atom stereocenters. The Labute approximate surface area is 241 Å². The minimum Gasteiger partial charge on any atom is -0.462 e. The Morgan fingerprint density at radius 3 is 1.62 bits per heavy atom. The van der Waals surface area contributed by atoms with Gasteiger partial charge in [-0.3, -0.25) is 0 Å². The zero-order valence-electron chi connectivity index (χ0n) is 26.1.